The van der Waals surface area contributed by atoms with Crippen molar-refractivity contribution >= 4 is 17.0 Å². The Morgan fingerprint density at radius 1 is 1.00 bits per heavy atom. The number of rotatable bonds is 1. The molecule has 2 heterocycles. The van der Waals surface area contributed by atoms with E-state index in [-0.39, 0.29) is 5.69 Å². The van der Waals surface area contributed by atoms with E-state index in [4.69, 9.17) is 10.5 Å². The van der Waals surface area contributed by atoms with Crippen LogP contribution < -0.4 is 10.5 Å². The second-order valence-electron chi connectivity index (χ2n) is 5.38. The standard InChI is InChI=1S/C19H11N3OS/c20-8-12-17-11-4-1-2-5-15(11)23-10-14(17)18(13(9-21)19(12)22)16-6-3-7-24-16/h1-7H,10,22H2. The van der Waals surface area contributed by atoms with E-state index in [1.165, 1.54) is 11.3 Å². The molecule has 0 atom stereocenters. The van der Waals surface area contributed by atoms with Crippen LogP contribution in [0.1, 0.15) is 16.7 Å². The average molecular weight is 329 g/mol. The van der Waals surface area contributed by atoms with Gasteiger partial charge in [0.25, 0.3) is 0 Å². The molecule has 0 fully saturated rings. The number of anilines is 1. The maximum atomic E-state index is 9.66. The second kappa shape index (κ2) is 5.42. The fraction of sp³-hybridized carbons (Fsp3) is 0.0526. The predicted octanol–water partition coefficient (Wildman–Crippen LogP) is 4.30. The van der Waals surface area contributed by atoms with Gasteiger partial charge in [0.15, 0.2) is 0 Å². The van der Waals surface area contributed by atoms with Gasteiger partial charge in [0.1, 0.15) is 24.5 Å². The van der Waals surface area contributed by atoms with Crippen LogP contribution in [0.4, 0.5) is 5.69 Å². The molecule has 0 radical (unpaired) electrons. The van der Waals surface area contributed by atoms with Crippen LogP contribution in [0.2, 0.25) is 0 Å². The Kier molecular flexibility index (Phi) is 3.23. The van der Waals surface area contributed by atoms with E-state index in [0.717, 1.165) is 32.9 Å². The molecule has 2 aromatic carbocycles. The van der Waals surface area contributed by atoms with Crippen LogP contribution in [0.5, 0.6) is 5.75 Å². The maximum absolute atomic E-state index is 9.66. The van der Waals surface area contributed by atoms with Crippen molar-refractivity contribution in [1.29, 1.82) is 10.5 Å². The van der Waals surface area contributed by atoms with E-state index >= 15 is 0 Å². The van der Waals surface area contributed by atoms with Crippen LogP contribution in [0, 0.1) is 22.7 Å². The fourth-order valence-electron chi connectivity index (χ4n) is 3.14. The van der Waals surface area contributed by atoms with E-state index in [0.29, 0.717) is 17.7 Å². The summed E-state index contributed by atoms with van der Waals surface area (Å²) in [7, 11) is 0. The molecule has 1 aliphatic rings. The van der Waals surface area contributed by atoms with Crippen LogP contribution in [-0.2, 0) is 6.61 Å². The Hall–Kier alpha value is -3.28. The van der Waals surface area contributed by atoms with Gasteiger partial charge >= 0.3 is 0 Å². The first kappa shape index (κ1) is 14.3. The summed E-state index contributed by atoms with van der Waals surface area (Å²) >= 11 is 1.54. The van der Waals surface area contributed by atoms with Crippen molar-refractivity contribution in [1.82, 2.24) is 0 Å². The highest BCUT2D eigenvalue weighted by atomic mass is 32.1. The lowest BCUT2D eigenvalue weighted by Gasteiger charge is -2.25. The van der Waals surface area contributed by atoms with Crippen molar-refractivity contribution in [2.45, 2.75) is 6.61 Å². The van der Waals surface area contributed by atoms with Gasteiger partial charge in [-0.2, -0.15) is 10.5 Å². The van der Waals surface area contributed by atoms with Crippen LogP contribution in [0.3, 0.4) is 0 Å². The summed E-state index contributed by atoms with van der Waals surface area (Å²) in [5.41, 5.74) is 10.4. The van der Waals surface area contributed by atoms with Gasteiger partial charge in [-0.25, -0.2) is 0 Å². The summed E-state index contributed by atoms with van der Waals surface area (Å²) in [6.45, 7) is 0.309. The minimum atomic E-state index is 0.235. The number of benzene rings is 2. The van der Waals surface area contributed by atoms with Gasteiger partial charge in [-0.1, -0.05) is 24.3 Å². The average Bonchev–Trinajstić information content (AvgIpc) is 3.14. The van der Waals surface area contributed by atoms with Crippen molar-refractivity contribution < 1.29 is 4.74 Å². The molecule has 114 valence electrons. The van der Waals surface area contributed by atoms with Crippen molar-refractivity contribution in [3.63, 3.8) is 0 Å². The van der Waals surface area contributed by atoms with E-state index in [1.54, 1.807) is 0 Å². The third-order valence-electron chi connectivity index (χ3n) is 4.16. The van der Waals surface area contributed by atoms with E-state index in [2.05, 4.69) is 12.1 Å². The minimum absolute atomic E-state index is 0.235. The van der Waals surface area contributed by atoms with Gasteiger partial charge in [0.2, 0.25) is 0 Å². The molecule has 0 spiro atoms. The molecule has 0 amide bonds. The van der Waals surface area contributed by atoms with Crippen molar-refractivity contribution in [2.24, 2.45) is 0 Å². The quantitative estimate of drug-likeness (QED) is 0.675. The van der Waals surface area contributed by atoms with E-state index in [1.807, 2.05) is 41.8 Å². The Morgan fingerprint density at radius 3 is 2.46 bits per heavy atom. The number of hydrogen-bond acceptors (Lipinski definition) is 5. The molecular weight excluding hydrogens is 318 g/mol. The van der Waals surface area contributed by atoms with Crippen LogP contribution in [0.25, 0.3) is 21.6 Å². The SMILES string of the molecule is N#Cc1c(N)c(C#N)c2c(c1-c1cccs1)COc1ccccc1-2. The zero-order chi connectivity index (χ0) is 16.7. The topological polar surface area (TPSA) is 82.8 Å². The van der Waals surface area contributed by atoms with E-state index < -0.39 is 0 Å². The third-order valence-corrected chi connectivity index (χ3v) is 5.05. The molecule has 2 N–H and O–H groups in total. The fourth-order valence-corrected chi connectivity index (χ4v) is 3.94. The number of nitriles is 2. The smallest absolute Gasteiger partial charge is 0.127 e. The highest BCUT2D eigenvalue weighted by molar-refractivity contribution is 7.13. The summed E-state index contributed by atoms with van der Waals surface area (Å²) in [5, 5.41) is 21.3. The maximum Gasteiger partial charge on any atom is 0.127 e. The molecule has 4 nitrogen and oxygen atoms in total. The molecule has 1 aromatic heterocycles. The number of hydrogen-bond donors (Lipinski definition) is 1. The predicted molar refractivity (Wildman–Crippen MR) is 93.4 cm³/mol. The number of ether oxygens (including phenoxy) is 1. The van der Waals surface area contributed by atoms with Gasteiger partial charge in [-0.15, -0.1) is 11.3 Å². The van der Waals surface area contributed by atoms with Gasteiger partial charge in [-0.3, -0.25) is 0 Å². The van der Waals surface area contributed by atoms with Crippen molar-refractivity contribution in [3.05, 3.63) is 58.5 Å². The Morgan fingerprint density at radius 2 is 1.75 bits per heavy atom. The molecule has 0 saturated carbocycles. The Labute approximate surface area is 143 Å². The molecule has 3 aromatic rings. The molecule has 4 rings (SSSR count). The number of para-hydroxylation sites is 1. The van der Waals surface area contributed by atoms with Gasteiger partial charge < -0.3 is 10.5 Å². The highest BCUT2D eigenvalue weighted by Crippen LogP contribution is 2.47. The summed E-state index contributed by atoms with van der Waals surface area (Å²) in [4.78, 5) is 0.946. The lowest BCUT2D eigenvalue weighted by atomic mass is 9.85. The molecule has 0 unspecified atom stereocenters. The number of nitrogen functional groups attached to an aromatic ring is 1. The first-order chi connectivity index (χ1) is 11.8. The van der Waals surface area contributed by atoms with Gasteiger partial charge in [0, 0.05) is 27.1 Å². The first-order valence-corrected chi connectivity index (χ1v) is 8.18. The van der Waals surface area contributed by atoms with Gasteiger partial charge in [-0.05, 0) is 17.5 Å². The minimum Gasteiger partial charge on any atom is -0.488 e. The zero-order valence-corrected chi connectivity index (χ0v) is 13.4. The van der Waals surface area contributed by atoms with Crippen LogP contribution in [-0.4, -0.2) is 0 Å². The zero-order valence-electron chi connectivity index (χ0n) is 12.5. The summed E-state index contributed by atoms with van der Waals surface area (Å²) in [6, 6.07) is 15.8. The van der Waals surface area contributed by atoms with Gasteiger partial charge in [0.05, 0.1) is 16.8 Å². The monoisotopic (exact) mass is 329 g/mol. The highest BCUT2D eigenvalue weighted by Gasteiger charge is 2.29. The normalized spacial score (nSPS) is 11.6. The van der Waals surface area contributed by atoms with Crippen molar-refractivity contribution in [2.75, 3.05) is 5.73 Å². The second-order valence-corrected chi connectivity index (χ2v) is 6.33. The molecule has 5 heteroatoms. The molecule has 0 saturated heterocycles. The molecule has 1 aliphatic heterocycles. The van der Waals surface area contributed by atoms with Crippen LogP contribution in [0.15, 0.2) is 41.8 Å². The summed E-state index contributed by atoms with van der Waals surface area (Å²) < 4.78 is 5.87. The van der Waals surface area contributed by atoms with Crippen molar-refractivity contribution in [3.8, 4) is 39.5 Å². The number of nitrogens with two attached hydrogens (primary N) is 1. The number of thiophene rings is 1. The van der Waals surface area contributed by atoms with Crippen LogP contribution >= 0.6 is 11.3 Å². The number of fused-ring (bicyclic) bond motifs is 3. The molecular formula is C19H11N3OS. The lowest BCUT2D eigenvalue weighted by Crippen LogP contribution is -2.12. The lowest BCUT2D eigenvalue weighted by molar-refractivity contribution is 0.303. The molecule has 0 aliphatic carbocycles. The Balaban J connectivity index is 2.19. The summed E-state index contributed by atoms with van der Waals surface area (Å²) in [6.07, 6.45) is 0. The molecule has 24 heavy (non-hydrogen) atoms. The largest absolute Gasteiger partial charge is 0.488 e. The van der Waals surface area contributed by atoms with E-state index in [9.17, 15) is 10.5 Å². The molecule has 0 bridgehead atoms. The Bertz CT molecular complexity index is 1040. The number of nitrogens with zero attached hydrogens (tertiary/aromatic N) is 2. The summed E-state index contributed by atoms with van der Waals surface area (Å²) in [5.74, 6) is 0.725. The first-order valence-electron chi connectivity index (χ1n) is 7.30. The third kappa shape index (κ3) is 1.89.